The average molecular weight is 518 g/mol. The van der Waals surface area contributed by atoms with Crippen LogP contribution in [0, 0.1) is 11.8 Å². The predicted octanol–water partition coefficient (Wildman–Crippen LogP) is 9.27. The van der Waals surface area contributed by atoms with Gasteiger partial charge in [0.25, 0.3) is 0 Å². The molecule has 0 unspecified atom stereocenters. The van der Waals surface area contributed by atoms with Crippen molar-refractivity contribution in [1.29, 1.82) is 0 Å². The third kappa shape index (κ3) is 5.03. The number of nitrogens with zero attached hydrogens (tertiary/aromatic N) is 1. The first-order valence-corrected chi connectivity index (χ1v) is 14.4. The quantitative estimate of drug-likeness (QED) is 0.244. The Morgan fingerprint density at radius 1 is 0.795 bits per heavy atom. The van der Waals surface area contributed by atoms with Gasteiger partial charge in [0.05, 0.1) is 6.26 Å². The molecule has 6 rings (SSSR count). The molecule has 0 radical (unpaired) electrons. The molecule has 0 N–H and O–H groups in total. The summed E-state index contributed by atoms with van der Waals surface area (Å²) in [6, 6.07) is 36.4. The molecule has 3 aromatic carbocycles. The molecule has 2 heterocycles. The van der Waals surface area contributed by atoms with Crippen LogP contribution in [0.1, 0.15) is 69.0 Å². The van der Waals surface area contributed by atoms with Gasteiger partial charge in [-0.2, -0.15) is 0 Å². The average Bonchev–Trinajstić information content (AvgIpc) is 3.63. The molecule has 39 heavy (non-hydrogen) atoms. The summed E-state index contributed by atoms with van der Waals surface area (Å²) in [4.78, 5) is 2.45. The van der Waals surface area contributed by atoms with Gasteiger partial charge in [0, 0.05) is 11.6 Å². The van der Waals surface area contributed by atoms with Gasteiger partial charge in [0.15, 0.2) is 0 Å². The Morgan fingerprint density at radius 2 is 1.46 bits per heavy atom. The molecule has 2 aliphatic rings. The Hall–Kier alpha value is -3.72. The molecule has 0 saturated heterocycles. The van der Waals surface area contributed by atoms with Gasteiger partial charge in [0.1, 0.15) is 29.7 Å². The van der Waals surface area contributed by atoms with Gasteiger partial charge < -0.3 is 14.1 Å². The van der Waals surface area contributed by atoms with E-state index < -0.39 is 0 Å². The molecule has 1 fully saturated rings. The summed E-state index contributed by atoms with van der Waals surface area (Å²) in [6.07, 6.45) is 7.68. The van der Waals surface area contributed by atoms with Crippen molar-refractivity contribution in [3.05, 3.63) is 138 Å². The summed E-state index contributed by atoms with van der Waals surface area (Å²) in [5.74, 6) is 3.01. The zero-order valence-electron chi connectivity index (χ0n) is 23.2. The van der Waals surface area contributed by atoms with Crippen molar-refractivity contribution < 1.29 is 9.15 Å². The molecule has 1 saturated carbocycles. The number of anilines is 1. The molecular weight excluding hydrogens is 478 g/mol. The SMILES string of the molecule is C[C@@H]1CC[C@@H](C(C)(C)c2ccccc2)[C@H](OC2=C[C@H](c3ccco3)N(c3ccccc3)[C@H]2c2ccccc2)C1. The highest BCUT2D eigenvalue weighted by molar-refractivity contribution is 5.57. The molecule has 5 atom stereocenters. The Kier molecular flexibility index (Phi) is 7.08. The van der Waals surface area contributed by atoms with Gasteiger partial charge in [-0.1, -0.05) is 106 Å². The van der Waals surface area contributed by atoms with Gasteiger partial charge in [-0.3, -0.25) is 0 Å². The maximum atomic E-state index is 7.27. The number of rotatable bonds is 7. The topological polar surface area (TPSA) is 25.6 Å². The summed E-state index contributed by atoms with van der Waals surface area (Å²) in [5.41, 5.74) is 3.77. The van der Waals surface area contributed by atoms with E-state index >= 15 is 0 Å². The largest absolute Gasteiger partial charge is 0.492 e. The zero-order valence-corrected chi connectivity index (χ0v) is 23.2. The molecule has 1 aliphatic heterocycles. The van der Waals surface area contributed by atoms with Crippen molar-refractivity contribution in [3.63, 3.8) is 0 Å². The monoisotopic (exact) mass is 517 g/mol. The normalized spacial score (nSPS) is 25.4. The Morgan fingerprint density at radius 3 is 2.13 bits per heavy atom. The molecule has 0 amide bonds. The Bertz CT molecular complexity index is 1360. The van der Waals surface area contributed by atoms with Gasteiger partial charge >= 0.3 is 0 Å². The Labute approximate surface area is 233 Å². The summed E-state index contributed by atoms with van der Waals surface area (Å²) in [5, 5.41) is 0. The molecule has 0 bridgehead atoms. The van der Waals surface area contributed by atoms with Crippen LogP contribution in [-0.2, 0) is 10.2 Å². The first-order chi connectivity index (χ1) is 19.0. The van der Waals surface area contributed by atoms with Crippen molar-refractivity contribution in [3.8, 4) is 0 Å². The van der Waals surface area contributed by atoms with Crippen LogP contribution < -0.4 is 4.90 Å². The molecule has 0 spiro atoms. The molecule has 1 aromatic heterocycles. The van der Waals surface area contributed by atoms with Crippen LogP contribution in [0.5, 0.6) is 0 Å². The van der Waals surface area contributed by atoms with E-state index in [1.165, 1.54) is 24.0 Å². The van der Waals surface area contributed by atoms with E-state index in [1.807, 2.05) is 6.07 Å². The second kappa shape index (κ2) is 10.8. The number of ether oxygens (including phenoxy) is 1. The fourth-order valence-corrected chi connectivity index (χ4v) is 6.82. The lowest BCUT2D eigenvalue weighted by molar-refractivity contribution is -0.0154. The fourth-order valence-electron chi connectivity index (χ4n) is 6.82. The van der Waals surface area contributed by atoms with Crippen molar-refractivity contribution >= 4 is 5.69 Å². The summed E-state index contributed by atoms with van der Waals surface area (Å²) < 4.78 is 13.3. The van der Waals surface area contributed by atoms with Crippen LogP contribution in [0.25, 0.3) is 0 Å². The minimum absolute atomic E-state index is 0.00695. The standard InChI is InChI=1S/C36H39NO2/c1-26-21-22-30(36(2,3)28-16-9-5-10-17-28)33(24-26)39-34-25-31(32-20-13-23-38-32)37(29-18-11-6-12-19-29)35(34)27-14-7-4-8-15-27/h4-20,23,25-26,30-31,33,35H,21-22,24H2,1-3H3/t26-,30-,31-,33-,35+/m1/s1. The van der Waals surface area contributed by atoms with Gasteiger partial charge in [-0.05, 0) is 65.6 Å². The fraction of sp³-hybridized carbons (Fsp3) is 0.333. The highest BCUT2D eigenvalue weighted by Crippen LogP contribution is 2.50. The highest BCUT2D eigenvalue weighted by Gasteiger charge is 2.45. The van der Waals surface area contributed by atoms with Crippen LogP contribution in [0.4, 0.5) is 5.69 Å². The smallest absolute Gasteiger partial charge is 0.130 e. The van der Waals surface area contributed by atoms with Crippen LogP contribution in [0.2, 0.25) is 0 Å². The predicted molar refractivity (Wildman–Crippen MR) is 158 cm³/mol. The maximum Gasteiger partial charge on any atom is 0.130 e. The summed E-state index contributed by atoms with van der Waals surface area (Å²) in [6.45, 7) is 7.18. The van der Waals surface area contributed by atoms with E-state index in [-0.39, 0.29) is 23.6 Å². The maximum absolute atomic E-state index is 7.27. The van der Waals surface area contributed by atoms with E-state index in [2.05, 4.69) is 129 Å². The lowest BCUT2D eigenvalue weighted by atomic mass is 9.64. The van der Waals surface area contributed by atoms with E-state index in [0.29, 0.717) is 11.8 Å². The minimum Gasteiger partial charge on any atom is -0.492 e. The van der Waals surface area contributed by atoms with Crippen molar-refractivity contribution in [1.82, 2.24) is 0 Å². The van der Waals surface area contributed by atoms with Crippen molar-refractivity contribution in [2.45, 2.75) is 63.6 Å². The van der Waals surface area contributed by atoms with E-state index in [0.717, 1.165) is 23.6 Å². The number of furan rings is 1. The molecular formula is C36H39NO2. The van der Waals surface area contributed by atoms with Crippen LogP contribution in [0.3, 0.4) is 0 Å². The van der Waals surface area contributed by atoms with Crippen LogP contribution in [0.15, 0.2) is 126 Å². The molecule has 200 valence electrons. The summed E-state index contributed by atoms with van der Waals surface area (Å²) >= 11 is 0. The molecule has 3 heteroatoms. The molecule has 3 nitrogen and oxygen atoms in total. The van der Waals surface area contributed by atoms with Gasteiger partial charge in [-0.25, -0.2) is 0 Å². The lowest BCUT2D eigenvalue weighted by Crippen LogP contribution is -2.43. The first kappa shape index (κ1) is 25.6. The third-order valence-corrected chi connectivity index (χ3v) is 8.96. The first-order valence-electron chi connectivity index (χ1n) is 14.4. The number of para-hydroxylation sites is 1. The third-order valence-electron chi connectivity index (χ3n) is 8.96. The highest BCUT2D eigenvalue weighted by atomic mass is 16.5. The van der Waals surface area contributed by atoms with Crippen LogP contribution >= 0.6 is 0 Å². The number of hydrogen-bond acceptors (Lipinski definition) is 3. The second-order valence-corrected chi connectivity index (χ2v) is 11.9. The van der Waals surface area contributed by atoms with Crippen molar-refractivity contribution in [2.24, 2.45) is 11.8 Å². The number of benzene rings is 3. The molecule has 1 aliphatic carbocycles. The Balaban J connectivity index is 1.41. The van der Waals surface area contributed by atoms with Gasteiger partial charge in [-0.15, -0.1) is 0 Å². The van der Waals surface area contributed by atoms with E-state index in [4.69, 9.17) is 9.15 Å². The lowest BCUT2D eigenvalue weighted by Gasteiger charge is -2.45. The van der Waals surface area contributed by atoms with Crippen molar-refractivity contribution in [2.75, 3.05) is 4.90 Å². The number of hydrogen-bond donors (Lipinski definition) is 0. The van der Waals surface area contributed by atoms with Gasteiger partial charge in [0.2, 0.25) is 0 Å². The van der Waals surface area contributed by atoms with E-state index in [9.17, 15) is 0 Å². The summed E-state index contributed by atoms with van der Waals surface area (Å²) in [7, 11) is 0. The molecule has 4 aromatic rings. The van der Waals surface area contributed by atoms with E-state index in [1.54, 1.807) is 6.26 Å². The van der Waals surface area contributed by atoms with Crippen LogP contribution in [-0.4, -0.2) is 6.10 Å². The zero-order chi connectivity index (χ0) is 26.8. The minimum atomic E-state index is -0.0517. The second-order valence-electron chi connectivity index (χ2n) is 11.9.